The molecule has 184 valence electrons. The largest absolute Gasteiger partial charge is 0.465 e. The van der Waals surface area contributed by atoms with E-state index in [0.717, 1.165) is 36.7 Å². The molecule has 2 aromatic carbocycles. The van der Waals surface area contributed by atoms with Crippen molar-refractivity contribution in [2.24, 2.45) is 10.9 Å². The Bertz CT molecular complexity index is 1150. The van der Waals surface area contributed by atoms with Crippen molar-refractivity contribution >= 4 is 29.4 Å². The molecule has 1 N–H and O–H groups in total. The maximum absolute atomic E-state index is 13.0. The van der Waals surface area contributed by atoms with E-state index in [1.54, 1.807) is 25.1 Å². The second-order valence-electron chi connectivity index (χ2n) is 8.62. The van der Waals surface area contributed by atoms with Gasteiger partial charge in [-0.25, -0.2) is 4.99 Å². The Balaban J connectivity index is 1.29. The molecule has 3 aliphatic heterocycles. The lowest BCUT2D eigenvalue weighted by Gasteiger charge is -2.39. The number of fused-ring (bicyclic) bond motifs is 1. The van der Waals surface area contributed by atoms with Gasteiger partial charge in [0, 0.05) is 37.7 Å². The number of halogens is 1. The zero-order valence-electron chi connectivity index (χ0n) is 19.4. The molecule has 0 aliphatic carbocycles. The van der Waals surface area contributed by atoms with Gasteiger partial charge in [-0.3, -0.25) is 19.8 Å². The Morgan fingerprint density at radius 1 is 1.14 bits per heavy atom. The number of esters is 1. The number of guanidine groups is 1. The van der Waals surface area contributed by atoms with Gasteiger partial charge in [-0.2, -0.15) is 0 Å². The molecule has 0 unspecified atom stereocenters. The number of rotatable bonds is 5. The molecule has 0 bridgehead atoms. The SMILES string of the molecule is CCOC(=O)[C@@H]1C(=O)NC(N2CCN(Cc3ccc4c(c3)OCO4)CC2)=N[C@@H]1c1cccc(Cl)c1. The Hall–Kier alpha value is -3.30. The summed E-state index contributed by atoms with van der Waals surface area (Å²) >= 11 is 6.19. The van der Waals surface area contributed by atoms with Gasteiger partial charge in [-0.05, 0) is 42.3 Å². The minimum Gasteiger partial charge on any atom is -0.465 e. The van der Waals surface area contributed by atoms with Gasteiger partial charge in [0.2, 0.25) is 18.7 Å². The molecule has 35 heavy (non-hydrogen) atoms. The number of amides is 1. The summed E-state index contributed by atoms with van der Waals surface area (Å²) in [6.07, 6.45) is 0. The Morgan fingerprint density at radius 2 is 1.94 bits per heavy atom. The van der Waals surface area contributed by atoms with Crippen molar-refractivity contribution in [1.82, 2.24) is 15.1 Å². The maximum atomic E-state index is 13.0. The van der Waals surface area contributed by atoms with Crippen LogP contribution in [0, 0.1) is 5.92 Å². The van der Waals surface area contributed by atoms with Gasteiger partial charge in [-0.1, -0.05) is 29.8 Å². The number of aliphatic imine (C=N–C) groups is 1. The van der Waals surface area contributed by atoms with Crippen molar-refractivity contribution in [1.29, 1.82) is 0 Å². The van der Waals surface area contributed by atoms with Crippen LogP contribution in [0.5, 0.6) is 11.5 Å². The van der Waals surface area contributed by atoms with E-state index in [9.17, 15) is 9.59 Å². The molecular formula is C25H27ClN4O5. The third kappa shape index (κ3) is 5.06. The molecule has 3 aliphatic rings. The molecule has 1 fully saturated rings. The average molecular weight is 499 g/mol. The first-order valence-electron chi connectivity index (χ1n) is 11.7. The van der Waals surface area contributed by atoms with Crippen molar-refractivity contribution < 1.29 is 23.8 Å². The molecule has 0 saturated carbocycles. The van der Waals surface area contributed by atoms with E-state index in [4.69, 9.17) is 30.8 Å². The van der Waals surface area contributed by atoms with E-state index < -0.39 is 23.8 Å². The summed E-state index contributed by atoms with van der Waals surface area (Å²) < 4.78 is 16.0. The Labute approximate surface area is 208 Å². The van der Waals surface area contributed by atoms with Crippen molar-refractivity contribution in [3.05, 3.63) is 58.6 Å². The highest BCUT2D eigenvalue weighted by Gasteiger charge is 2.42. The summed E-state index contributed by atoms with van der Waals surface area (Å²) in [7, 11) is 0. The number of hydrogen-bond acceptors (Lipinski definition) is 8. The van der Waals surface area contributed by atoms with Crippen LogP contribution in [0.2, 0.25) is 5.02 Å². The molecule has 1 amide bonds. The van der Waals surface area contributed by atoms with Crippen molar-refractivity contribution in [2.45, 2.75) is 19.5 Å². The summed E-state index contributed by atoms with van der Waals surface area (Å²) in [5.74, 6) is -0.0381. The van der Waals surface area contributed by atoms with Gasteiger partial charge >= 0.3 is 5.97 Å². The molecule has 3 heterocycles. The molecule has 2 atom stereocenters. The zero-order valence-corrected chi connectivity index (χ0v) is 20.2. The van der Waals surface area contributed by atoms with E-state index in [0.29, 0.717) is 29.6 Å². The van der Waals surface area contributed by atoms with Crippen molar-refractivity contribution in [3.8, 4) is 11.5 Å². The lowest BCUT2D eigenvalue weighted by Crippen LogP contribution is -2.57. The third-order valence-corrected chi connectivity index (χ3v) is 6.58. The summed E-state index contributed by atoms with van der Waals surface area (Å²) in [5, 5.41) is 3.36. The Kier molecular flexibility index (Phi) is 6.79. The molecule has 0 spiro atoms. The first kappa shape index (κ1) is 23.4. The standard InChI is InChI=1S/C25H27ClN4O5/c1-2-33-24(32)21-22(17-4-3-5-18(26)13-17)27-25(28-23(21)31)30-10-8-29(9-11-30)14-16-6-7-19-20(12-16)35-15-34-19/h3-7,12-13,21-22H,2,8-11,14-15H2,1H3,(H,27,28,31)/t21-,22+/m0/s1. The smallest absolute Gasteiger partial charge is 0.321 e. The maximum Gasteiger partial charge on any atom is 0.321 e. The number of ether oxygens (including phenoxy) is 3. The van der Waals surface area contributed by atoms with Gasteiger partial charge < -0.3 is 19.1 Å². The first-order valence-corrected chi connectivity index (χ1v) is 12.1. The molecule has 9 nitrogen and oxygen atoms in total. The molecule has 0 radical (unpaired) electrons. The fraction of sp³-hybridized carbons (Fsp3) is 0.400. The second-order valence-corrected chi connectivity index (χ2v) is 9.06. The summed E-state index contributed by atoms with van der Waals surface area (Å²) in [5.41, 5.74) is 1.86. The number of nitrogens with one attached hydrogen (secondary N) is 1. The number of carbonyl (C=O) groups excluding carboxylic acids is 2. The van der Waals surface area contributed by atoms with E-state index in [1.807, 2.05) is 23.1 Å². The zero-order chi connectivity index (χ0) is 24.4. The van der Waals surface area contributed by atoms with Crippen LogP contribution >= 0.6 is 11.6 Å². The normalized spacial score (nSPS) is 21.9. The number of hydrogen-bond donors (Lipinski definition) is 1. The number of benzene rings is 2. The van der Waals surface area contributed by atoms with Crippen LogP contribution in [0.1, 0.15) is 24.1 Å². The van der Waals surface area contributed by atoms with Gasteiger partial charge in [0.05, 0.1) is 6.61 Å². The van der Waals surface area contributed by atoms with Crippen LogP contribution < -0.4 is 14.8 Å². The Morgan fingerprint density at radius 3 is 2.71 bits per heavy atom. The van der Waals surface area contributed by atoms with Crippen LogP contribution in [0.15, 0.2) is 47.5 Å². The first-order chi connectivity index (χ1) is 17.0. The topological polar surface area (TPSA) is 92.7 Å². The second kappa shape index (κ2) is 10.1. The van der Waals surface area contributed by atoms with Crippen molar-refractivity contribution in [3.63, 3.8) is 0 Å². The van der Waals surface area contributed by atoms with Crippen molar-refractivity contribution in [2.75, 3.05) is 39.6 Å². The molecule has 2 aromatic rings. The molecule has 1 saturated heterocycles. The molecule has 10 heteroatoms. The highest BCUT2D eigenvalue weighted by molar-refractivity contribution is 6.30. The van der Waals surface area contributed by atoms with Gasteiger partial charge in [-0.15, -0.1) is 0 Å². The average Bonchev–Trinajstić information content (AvgIpc) is 3.32. The number of carbonyl (C=O) groups is 2. The van der Waals surface area contributed by atoms with E-state index in [2.05, 4.69) is 16.3 Å². The minimum absolute atomic E-state index is 0.187. The lowest BCUT2D eigenvalue weighted by atomic mass is 9.91. The van der Waals surface area contributed by atoms with Crippen LogP contribution in [0.25, 0.3) is 0 Å². The van der Waals surface area contributed by atoms with Crippen LogP contribution in [-0.2, 0) is 20.9 Å². The third-order valence-electron chi connectivity index (χ3n) is 6.34. The monoisotopic (exact) mass is 498 g/mol. The van der Waals surface area contributed by atoms with E-state index in [-0.39, 0.29) is 13.4 Å². The van der Waals surface area contributed by atoms with Gasteiger partial charge in [0.1, 0.15) is 6.04 Å². The lowest BCUT2D eigenvalue weighted by molar-refractivity contribution is -0.153. The van der Waals surface area contributed by atoms with Crippen LogP contribution in [0.3, 0.4) is 0 Å². The summed E-state index contributed by atoms with van der Waals surface area (Å²) in [6.45, 7) is 5.93. The van der Waals surface area contributed by atoms with E-state index in [1.165, 1.54) is 0 Å². The molecule has 5 rings (SSSR count). The highest BCUT2D eigenvalue weighted by Crippen LogP contribution is 2.34. The summed E-state index contributed by atoms with van der Waals surface area (Å²) in [6, 6.07) is 12.4. The fourth-order valence-electron chi connectivity index (χ4n) is 4.57. The molecular weight excluding hydrogens is 472 g/mol. The predicted molar refractivity (Wildman–Crippen MR) is 129 cm³/mol. The van der Waals surface area contributed by atoms with E-state index >= 15 is 0 Å². The number of nitrogens with zero attached hydrogens (tertiary/aromatic N) is 3. The predicted octanol–water partition coefficient (Wildman–Crippen LogP) is 2.59. The van der Waals surface area contributed by atoms with Crippen LogP contribution in [0.4, 0.5) is 0 Å². The summed E-state index contributed by atoms with van der Waals surface area (Å²) in [4.78, 5) is 34.9. The minimum atomic E-state index is -1.07. The van der Waals surface area contributed by atoms with Gasteiger partial charge in [0.15, 0.2) is 17.4 Å². The molecule has 0 aromatic heterocycles. The van der Waals surface area contributed by atoms with Crippen LogP contribution in [-0.4, -0.2) is 67.2 Å². The highest BCUT2D eigenvalue weighted by atomic mass is 35.5. The quantitative estimate of drug-likeness (QED) is 0.500. The van der Waals surface area contributed by atoms with Gasteiger partial charge in [0.25, 0.3) is 0 Å². The number of piperazine rings is 1. The fourth-order valence-corrected chi connectivity index (χ4v) is 4.77.